The summed E-state index contributed by atoms with van der Waals surface area (Å²) in [6.45, 7) is 9.33. The number of hydrogen-bond acceptors (Lipinski definition) is 7. The molecule has 89 heavy (non-hydrogen) atoms. The summed E-state index contributed by atoms with van der Waals surface area (Å²) < 4.78 is 33.3. The molecule has 0 unspecified atom stereocenters. The van der Waals surface area contributed by atoms with Crippen LogP contribution in [0.1, 0.15) is 49.9 Å². The van der Waals surface area contributed by atoms with Gasteiger partial charge in [-0.2, -0.15) is 0 Å². The zero-order chi connectivity index (χ0) is 59.0. The van der Waals surface area contributed by atoms with E-state index in [2.05, 4.69) is 256 Å². The van der Waals surface area contributed by atoms with Crippen LogP contribution in [0.2, 0.25) is 0 Å². The van der Waals surface area contributed by atoms with E-state index < -0.39 is 0 Å². The third-order valence-electron chi connectivity index (χ3n) is 19.5. The monoisotopic (exact) mass is 1150 g/mol. The summed E-state index contributed by atoms with van der Waals surface area (Å²) in [6, 6.07) is 90.9. The second-order valence-electron chi connectivity index (χ2n) is 25.2. The molecule has 7 nitrogen and oxygen atoms in total. The van der Waals surface area contributed by atoms with Gasteiger partial charge in [-0.25, -0.2) is 0 Å². The Labute approximate surface area is 511 Å². The molecule has 7 heteroatoms. The van der Waals surface area contributed by atoms with Crippen molar-refractivity contribution < 1.29 is 22.1 Å². The molecule has 0 N–H and O–H groups in total. The van der Waals surface area contributed by atoms with E-state index in [1.165, 1.54) is 44.5 Å². The Kier molecular flexibility index (Phi) is 10.2. The number of benzene rings is 12. The zero-order valence-electron chi connectivity index (χ0n) is 49.2. The molecule has 0 aliphatic heterocycles. The van der Waals surface area contributed by atoms with E-state index in [-0.39, 0.29) is 10.8 Å². The molecule has 0 atom stereocenters. The van der Waals surface area contributed by atoms with Crippen LogP contribution in [0, 0.1) is 0 Å². The lowest BCUT2D eigenvalue weighted by atomic mass is 9.82. The van der Waals surface area contributed by atoms with Crippen molar-refractivity contribution in [2.45, 2.75) is 38.5 Å². The van der Waals surface area contributed by atoms with Gasteiger partial charge in [0.15, 0.2) is 0 Å². The highest BCUT2D eigenvalue weighted by Gasteiger charge is 2.37. The SMILES string of the molecule is CC1(C)c2ccccc2-c2ccc(N(c3ccc(-c4cc5ccccc5o4)cc3)c3ccc4c(c3)oc3cc5c(cc34)oc3cc4c(cc35)oc3cc(N(c5ccc(-c6cc7ccccc7o6)cc5)c5ccc6c(c5)C(C)(C)c5ccccc5-6)ccc34)cc21. The number of rotatable bonds is 8. The molecule has 17 aromatic rings. The van der Waals surface area contributed by atoms with Gasteiger partial charge in [-0.3, -0.25) is 0 Å². The first kappa shape index (κ1) is 49.9. The predicted octanol–water partition coefficient (Wildman–Crippen LogP) is 23.8. The van der Waals surface area contributed by atoms with Crippen molar-refractivity contribution in [1.29, 1.82) is 0 Å². The first-order chi connectivity index (χ1) is 43.5. The third kappa shape index (κ3) is 7.39. The molecule has 0 saturated heterocycles. The minimum absolute atomic E-state index is 0.174. The summed E-state index contributed by atoms with van der Waals surface area (Å²) in [4.78, 5) is 4.67. The highest BCUT2D eigenvalue weighted by Crippen LogP contribution is 2.54. The average molecular weight is 1150 g/mol. The summed E-state index contributed by atoms with van der Waals surface area (Å²) in [5, 5.41) is 8.09. The number of nitrogens with zero attached hydrogens (tertiary/aromatic N) is 2. The first-order valence-electron chi connectivity index (χ1n) is 30.5. The van der Waals surface area contributed by atoms with Gasteiger partial charge < -0.3 is 31.9 Å². The van der Waals surface area contributed by atoms with Crippen molar-refractivity contribution in [2.75, 3.05) is 9.80 Å². The van der Waals surface area contributed by atoms with Crippen molar-refractivity contribution in [3.8, 4) is 44.9 Å². The number of para-hydroxylation sites is 2. The van der Waals surface area contributed by atoms with E-state index in [0.717, 1.165) is 145 Å². The van der Waals surface area contributed by atoms with E-state index in [1.54, 1.807) is 0 Å². The highest BCUT2D eigenvalue weighted by atomic mass is 16.4. The second-order valence-corrected chi connectivity index (χ2v) is 25.2. The van der Waals surface area contributed by atoms with Gasteiger partial charge in [-0.05, 0) is 190 Å². The molecule has 0 radical (unpaired) electrons. The van der Waals surface area contributed by atoms with Crippen molar-refractivity contribution in [3.05, 3.63) is 277 Å². The van der Waals surface area contributed by atoms with Gasteiger partial charge >= 0.3 is 0 Å². The van der Waals surface area contributed by atoms with Crippen LogP contribution in [-0.4, -0.2) is 0 Å². The van der Waals surface area contributed by atoms with E-state index in [9.17, 15) is 0 Å². The van der Waals surface area contributed by atoms with Crippen molar-refractivity contribution >= 4 is 122 Å². The average Bonchev–Trinajstić information content (AvgIpc) is 1.67. The van der Waals surface area contributed by atoms with E-state index in [0.29, 0.717) is 0 Å². The maximum Gasteiger partial charge on any atom is 0.137 e. The van der Waals surface area contributed by atoms with Crippen LogP contribution in [0.5, 0.6) is 0 Å². The largest absolute Gasteiger partial charge is 0.456 e. The lowest BCUT2D eigenvalue weighted by molar-refractivity contribution is 0.631. The van der Waals surface area contributed by atoms with Crippen LogP contribution in [0.3, 0.4) is 0 Å². The third-order valence-corrected chi connectivity index (χ3v) is 19.5. The molecule has 422 valence electrons. The molecule has 12 aromatic carbocycles. The lowest BCUT2D eigenvalue weighted by Gasteiger charge is -2.28. The van der Waals surface area contributed by atoms with Crippen LogP contribution in [0.15, 0.2) is 277 Å². The van der Waals surface area contributed by atoms with Crippen LogP contribution < -0.4 is 9.80 Å². The normalized spacial score (nSPS) is 13.8. The maximum absolute atomic E-state index is 6.92. The molecule has 0 fully saturated rings. The maximum atomic E-state index is 6.92. The molecular formula is C82H54N2O5. The number of furan rings is 5. The minimum atomic E-state index is -0.174. The summed E-state index contributed by atoms with van der Waals surface area (Å²) in [5.74, 6) is 1.67. The summed E-state index contributed by atoms with van der Waals surface area (Å²) in [5.41, 5.74) is 24.7. The van der Waals surface area contributed by atoms with Crippen LogP contribution >= 0.6 is 0 Å². The molecule has 0 saturated carbocycles. The molecule has 5 aromatic heterocycles. The molecule has 2 aliphatic rings. The van der Waals surface area contributed by atoms with Crippen molar-refractivity contribution in [1.82, 2.24) is 0 Å². The fraction of sp³-hybridized carbons (Fsp3) is 0.0732. The Morgan fingerprint density at radius 3 is 0.978 bits per heavy atom. The van der Waals surface area contributed by atoms with E-state index in [1.807, 2.05) is 36.4 Å². The zero-order valence-corrected chi connectivity index (χ0v) is 49.2. The Bertz CT molecular complexity index is 5400. The van der Waals surface area contributed by atoms with Crippen LogP contribution in [0.4, 0.5) is 34.1 Å². The smallest absolute Gasteiger partial charge is 0.137 e. The summed E-state index contributed by atoms with van der Waals surface area (Å²) >= 11 is 0. The van der Waals surface area contributed by atoms with Crippen LogP contribution in [-0.2, 0) is 10.8 Å². The number of fused-ring (bicyclic) bond motifs is 17. The Morgan fingerprint density at radius 2 is 0.562 bits per heavy atom. The first-order valence-corrected chi connectivity index (χ1v) is 30.5. The lowest BCUT2D eigenvalue weighted by Crippen LogP contribution is -2.16. The molecule has 0 bridgehead atoms. The highest BCUT2D eigenvalue weighted by molar-refractivity contribution is 6.19. The molecule has 19 rings (SSSR count). The van der Waals surface area contributed by atoms with Crippen molar-refractivity contribution in [3.63, 3.8) is 0 Å². The molecule has 0 amide bonds. The summed E-state index contributed by atoms with van der Waals surface area (Å²) in [7, 11) is 0. The number of anilines is 6. The summed E-state index contributed by atoms with van der Waals surface area (Å²) in [6.07, 6.45) is 0. The van der Waals surface area contributed by atoms with Gasteiger partial charge in [0.25, 0.3) is 0 Å². The van der Waals surface area contributed by atoms with Gasteiger partial charge in [0.05, 0.1) is 0 Å². The van der Waals surface area contributed by atoms with E-state index >= 15 is 0 Å². The predicted molar refractivity (Wildman–Crippen MR) is 363 cm³/mol. The Balaban J connectivity index is 0.698. The Hall–Kier alpha value is -11.3. The molecule has 5 heterocycles. The second kappa shape index (κ2) is 18.1. The fourth-order valence-electron chi connectivity index (χ4n) is 14.9. The van der Waals surface area contributed by atoms with E-state index in [4.69, 9.17) is 22.1 Å². The van der Waals surface area contributed by atoms with Gasteiger partial charge in [-0.15, -0.1) is 0 Å². The van der Waals surface area contributed by atoms with Gasteiger partial charge in [0.2, 0.25) is 0 Å². The van der Waals surface area contributed by atoms with Gasteiger partial charge in [0.1, 0.15) is 56.2 Å². The minimum Gasteiger partial charge on any atom is -0.456 e. The van der Waals surface area contributed by atoms with Gasteiger partial charge in [-0.1, -0.05) is 125 Å². The molecule has 0 spiro atoms. The van der Waals surface area contributed by atoms with Gasteiger partial charge in [0, 0.05) is 111 Å². The standard InChI is InChI=1S/C82H54N2O5/c1-81(2)67-17-9-7-15-57(67)59-33-29-53(39-69(59)81)83(51-25-21-47(22-26-51)73-37-49-13-5-11-19-71(49)85-73)55-31-35-61-63-43-79-65(45-77(63)87-75(61)41-55)66-46-78-64(44-80(66)89-79)62-36-32-56(42-76(62)88-78)84(52-27-23-48(24-28-52)74-38-50-14-6-12-20-72(50)86-74)54-30-34-60-58-16-8-10-18-68(58)82(3,4)70(60)40-54/h5-46H,1-4H3. The fourth-order valence-corrected chi connectivity index (χ4v) is 14.9. The van der Waals surface area contributed by atoms with Crippen LogP contribution in [0.25, 0.3) is 133 Å². The topological polar surface area (TPSA) is 72.2 Å². The molecule has 2 aliphatic carbocycles. The van der Waals surface area contributed by atoms with Crippen molar-refractivity contribution in [2.24, 2.45) is 0 Å². The number of hydrogen-bond donors (Lipinski definition) is 0. The molecular weight excluding hydrogens is 1090 g/mol. The quantitative estimate of drug-likeness (QED) is 0.150. The Morgan fingerprint density at radius 1 is 0.236 bits per heavy atom.